The van der Waals surface area contributed by atoms with E-state index < -0.39 is 15.6 Å². The number of rotatable bonds is 6. The first kappa shape index (κ1) is 18.4. The Morgan fingerprint density at radius 1 is 1.19 bits per heavy atom. The molecule has 0 aliphatic rings. The van der Waals surface area contributed by atoms with Crippen molar-refractivity contribution < 1.29 is 22.7 Å². The van der Waals surface area contributed by atoms with Gasteiger partial charge in [0.1, 0.15) is 22.7 Å². The molecule has 0 aliphatic carbocycles. The summed E-state index contributed by atoms with van der Waals surface area (Å²) in [5.41, 5.74) is -0.302. The van der Waals surface area contributed by atoms with E-state index >= 15 is 0 Å². The van der Waals surface area contributed by atoms with Gasteiger partial charge >= 0.3 is 0 Å². The van der Waals surface area contributed by atoms with Crippen LogP contribution in [0.3, 0.4) is 0 Å². The van der Waals surface area contributed by atoms with Crippen molar-refractivity contribution in [3.05, 3.63) is 59.9 Å². The molecule has 7 heteroatoms. The third-order valence-corrected chi connectivity index (χ3v) is 5.80. The van der Waals surface area contributed by atoms with Gasteiger partial charge in [-0.2, -0.15) is 0 Å². The van der Waals surface area contributed by atoms with Gasteiger partial charge in [-0.1, -0.05) is 18.2 Å². The van der Waals surface area contributed by atoms with Gasteiger partial charge in [0.25, 0.3) is 0 Å². The lowest BCUT2D eigenvalue weighted by molar-refractivity contribution is 0.0412. The Hall–Kier alpha value is -2.35. The van der Waals surface area contributed by atoms with Crippen LogP contribution in [0.15, 0.2) is 57.8 Å². The molecule has 1 aromatic heterocycles. The Balaban J connectivity index is 1.82. The first-order chi connectivity index (χ1) is 12.2. The first-order valence-corrected chi connectivity index (χ1v) is 9.57. The third-order valence-electron chi connectivity index (χ3n) is 4.23. The molecule has 0 saturated heterocycles. The molecule has 26 heavy (non-hydrogen) atoms. The van der Waals surface area contributed by atoms with Crippen LogP contribution in [0, 0.1) is 6.92 Å². The second-order valence-electron chi connectivity index (χ2n) is 6.38. The zero-order chi connectivity index (χ0) is 18.9. The minimum atomic E-state index is -3.79. The molecule has 0 saturated carbocycles. The van der Waals surface area contributed by atoms with Crippen molar-refractivity contribution in [1.82, 2.24) is 4.72 Å². The van der Waals surface area contributed by atoms with Gasteiger partial charge in [0.05, 0.1) is 12.0 Å². The summed E-state index contributed by atoms with van der Waals surface area (Å²) in [7, 11) is -2.27. The normalized spacial score (nSPS) is 14.3. The van der Waals surface area contributed by atoms with E-state index in [9.17, 15) is 13.5 Å². The SMILES string of the molecule is COc1ccc(S(=O)(=O)NC[C@](C)(O)c2cc3ccccc3o2)c(C)c1. The van der Waals surface area contributed by atoms with Crippen molar-refractivity contribution in [2.75, 3.05) is 13.7 Å². The number of ether oxygens (including phenoxy) is 1. The van der Waals surface area contributed by atoms with E-state index in [1.807, 2.05) is 18.2 Å². The molecule has 138 valence electrons. The predicted molar refractivity (Wildman–Crippen MR) is 98.7 cm³/mol. The van der Waals surface area contributed by atoms with Gasteiger partial charge in [-0.25, -0.2) is 13.1 Å². The lowest BCUT2D eigenvalue weighted by Gasteiger charge is -2.21. The Morgan fingerprint density at radius 2 is 1.92 bits per heavy atom. The van der Waals surface area contributed by atoms with Crippen LogP contribution in [-0.2, 0) is 15.6 Å². The molecule has 3 aromatic rings. The molecule has 0 radical (unpaired) electrons. The Morgan fingerprint density at radius 3 is 2.58 bits per heavy atom. The highest BCUT2D eigenvalue weighted by Crippen LogP contribution is 2.28. The summed E-state index contributed by atoms with van der Waals surface area (Å²) in [6.45, 7) is 2.98. The van der Waals surface area contributed by atoms with E-state index in [0.717, 1.165) is 5.39 Å². The van der Waals surface area contributed by atoms with Gasteiger partial charge in [-0.15, -0.1) is 0 Å². The number of aliphatic hydroxyl groups is 1. The highest BCUT2D eigenvalue weighted by molar-refractivity contribution is 7.89. The van der Waals surface area contributed by atoms with Crippen LogP contribution < -0.4 is 9.46 Å². The van der Waals surface area contributed by atoms with Crippen molar-refractivity contribution in [3.63, 3.8) is 0 Å². The summed E-state index contributed by atoms with van der Waals surface area (Å²) in [5.74, 6) is 0.878. The number of nitrogens with one attached hydrogen (secondary N) is 1. The number of furan rings is 1. The minimum absolute atomic E-state index is 0.138. The largest absolute Gasteiger partial charge is 0.497 e. The van der Waals surface area contributed by atoms with Crippen LogP contribution in [0.25, 0.3) is 11.0 Å². The summed E-state index contributed by atoms with van der Waals surface area (Å²) < 4.78 is 38.4. The molecule has 1 heterocycles. The fraction of sp³-hybridized carbons (Fsp3) is 0.263. The van der Waals surface area contributed by atoms with Gasteiger partial charge in [0, 0.05) is 11.9 Å². The smallest absolute Gasteiger partial charge is 0.240 e. The van der Waals surface area contributed by atoms with Gasteiger partial charge < -0.3 is 14.3 Å². The lowest BCUT2D eigenvalue weighted by Crippen LogP contribution is -2.38. The predicted octanol–water partition coefficient (Wildman–Crippen LogP) is 2.94. The summed E-state index contributed by atoms with van der Waals surface area (Å²) in [6, 6.07) is 13.8. The lowest BCUT2D eigenvalue weighted by atomic mass is 10.0. The van der Waals surface area contributed by atoms with Crippen LogP contribution in [0.1, 0.15) is 18.2 Å². The van der Waals surface area contributed by atoms with Crippen LogP contribution in [0.2, 0.25) is 0 Å². The number of methoxy groups -OCH3 is 1. The van der Waals surface area contributed by atoms with E-state index in [1.54, 1.807) is 31.2 Å². The first-order valence-electron chi connectivity index (χ1n) is 8.09. The molecule has 0 fully saturated rings. The number of sulfonamides is 1. The second-order valence-corrected chi connectivity index (χ2v) is 8.11. The fourth-order valence-electron chi connectivity index (χ4n) is 2.70. The highest BCUT2D eigenvalue weighted by atomic mass is 32.2. The monoisotopic (exact) mass is 375 g/mol. The number of aryl methyl sites for hydroxylation is 1. The van der Waals surface area contributed by atoms with Gasteiger partial charge in [-0.05, 0) is 49.7 Å². The quantitative estimate of drug-likeness (QED) is 0.691. The van der Waals surface area contributed by atoms with E-state index in [1.165, 1.54) is 20.1 Å². The fourth-order valence-corrected chi connectivity index (χ4v) is 4.05. The highest BCUT2D eigenvalue weighted by Gasteiger charge is 2.30. The Labute approximate surface area is 152 Å². The molecule has 3 rings (SSSR count). The summed E-state index contributed by atoms with van der Waals surface area (Å²) in [4.78, 5) is 0.138. The van der Waals surface area contributed by atoms with Crippen molar-refractivity contribution in [2.45, 2.75) is 24.3 Å². The van der Waals surface area contributed by atoms with Crippen molar-refractivity contribution in [2.24, 2.45) is 0 Å². The third kappa shape index (κ3) is 3.60. The molecule has 0 unspecified atom stereocenters. The van der Waals surface area contributed by atoms with Crippen LogP contribution in [0.4, 0.5) is 0 Å². The number of para-hydroxylation sites is 1. The molecular weight excluding hydrogens is 354 g/mol. The zero-order valence-corrected chi connectivity index (χ0v) is 15.6. The number of hydrogen-bond donors (Lipinski definition) is 2. The topological polar surface area (TPSA) is 88.8 Å². The molecule has 2 aromatic carbocycles. The maximum Gasteiger partial charge on any atom is 0.240 e. The summed E-state index contributed by atoms with van der Waals surface area (Å²) >= 11 is 0. The maximum atomic E-state index is 12.6. The Bertz CT molecular complexity index is 1000. The zero-order valence-electron chi connectivity index (χ0n) is 14.8. The standard InChI is InChI=1S/C19H21NO5S/c1-13-10-15(24-3)8-9-17(13)26(22,23)20-12-19(2,21)18-11-14-6-4-5-7-16(14)25-18/h4-11,20-21H,12H2,1-3H3/t19-/m0/s1. The van der Waals surface area contributed by atoms with E-state index in [-0.39, 0.29) is 11.4 Å². The number of fused-ring (bicyclic) bond motifs is 1. The molecule has 0 bridgehead atoms. The molecule has 2 N–H and O–H groups in total. The average molecular weight is 375 g/mol. The van der Waals surface area contributed by atoms with Crippen LogP contribution in [0.5, 0.6) is 5.75 Å². The van der Waals surface area contributed by atoms with Crippen LogP contribution in [-0.4, -0.2) is 27.2 Å². The van der Waals surface area contributed by atoms with Crippen molar-refractivity contribution >= 4 is 21.0 Å². The van der Waals surface area contributed by atoms with Gasteiger partial charge in [0.2, 0.25) is 10.0 Å². The van der Waals surface area contributed by atoms with Crippen molar-refractivity contribution in [3.8, 4) is 5.75 Å². The van der Waals surface area contributed by atoms with Gasteiger partial charge in [0.15, 0.2) is 0 Å². The van der Waals surface area contributed by atoms with E-state index in [0.29, 0.717) is 22.7 Å². The second kappa shape index (κ2) is 6.75. The molecule has 0 aliphatic heterocycles. The van der Waals surface area contributed by atoms with E-state index in [4.69, 9.17) is 9.15 Å². The van der Waals surface area contributed by atoms with Crippen LogP contribution >= 0.6 is 0 Å². The minimum Gasteiger partial charge on any atom is -0.497 e. The molecule has 0 amide bonds. The van der Waals surface area contributed by atoms with Gasteiger partial charge in [-0.3, -0.25) is 0 Å². The molecule has 0 spiro atoms. The number of benzene rings is 2. The maximum absolute atomic E-state index is 12.6. The Kier molecular flexibility index (Phi) is 4.79. The number of hydrogen-bond acceptors (Lipinski definition) is 5. The average Bonchev–Trinajstić information content (AvgIpc) is 3.05. The summed E-state index contributed by atoms with van der Waals surface area (Å²) in [6.07, 6.45) is 0. The summed E-state index contributed by atoms with van der Waals surface area (Å²) in [5, 5.41) is 11.6. The molecular formula is C19H21NO5S. The van der Waals surface area contributed by atoms with E-state index in [2.05, 4.69) is 4.72 Å². The van der Waals surface area contributed by atoms with Crippen molar-refractivity contribution in [1.29, 1.82) is 0 Å². The molecule has 1 atom stereocenters. The molecule has 6 nitrogen and oxygen atoms in total.